The first kappa shape index (κ1) is 15.5. The molecule has 0 saturated carbocycles. The summed E-state index contributed by atoms with van der Waals surface area (Å²) < 4.78 is 13.6. The van der Waals surface area contributed by atoms with Crippen molar-refractivity contribution in [3.63, 3.8) is 0 Å². The van der Waals surface area contributed by atoms with Crippen molar-refractivity contribution in [2.24, 2.45) is 0 Å². The summed E-state index contributed by atoms with van der Waals surface area (Å²) in [7, 11) is 0. The van der Waals surface area contributed by atoms with Crippen molar-refractivity contribution >= 4 is 11.6 Å². The van der Waals surface area contributed by atoms with Crippen LogP contribution in [0.4, 0.5) is 10.1 Å². The van der Waals surface area contributed by atoms with E-state index in [1.54, 1.807) is 6.07 Å². The second-order valence-electron chi connectivity index (χ2n) is 5.82. The topological polar surface area (TPSA) is 61.4 Å². The molecule has 1 atom stereocenters. The number of amides is 1. The summed E-state index contributed by atoms with van der Waals surface area (Å²) in [5, 5.41) is 15.6. The molecule has 0 spiro atoms. The molecule has 3 rings (SSSR count). The molecule has 1 heterocycles. The number of aryl methyl sites for hydroxylation is 1. The minimum absolute atomic E-state index is 0.0861. The average molecular weight is 314 g/mol. The number of carbonyl (C=O) groups excluding carboxylic acids is 1. The normalized spacial score (nSPS) is 14.8. The van der Waals surface area contributed by atoms with Crippen molar-refractivity contribution in [2.75, 3.05) is 18.5 Å². The zero-order valence-corrected chi connectivity index (χ0v) is 12.9. The number of halogens is 1. The van der Waals surface area contributed by atoms with Crippen LogP contribution in [0.15, 0.2) is 36.4 Å². The standard InChI is InChI=1S/C18H19FN2O2/c1-11-6-13(8-14(19)7-11)17(10-22)21-15-3-2-12-4-5-20-18(23)16(12)9-15/h2-3,6-9,17,21-22H,4-5,10H2,1H3,(H,20,23). The Morgan fingerprint density at radius 1 is 1.30 bits per heavy atom. The molecule has 3 N–H and O–H groups in total. The van der Waals surface area contributed by atoms with E-state index in [0.29, 0.717) is 17.7 Å². The van der Waals surface area contributed by atoms with Crippen molar-refractivity contribution in [1.82, 2.24) is 5.32 Å². The van der Waals surface area contributed by atoms with Gasteiger partial charge < -0.3 is 15.7 Å². The molecule has 0 aliphatic carbocycles. The number of benzene rings is 2. The highest BCUT2D eigenvalue weighted by Gasteiger charge is 2.18. The van der Waals surface area contributed by atoms with Gasteiger partial charge in [-0.25, -0.2) is 4.39 Å². The monoisotopic (exact) mass is 314 g/mol. The molecule has 1 aliphatic rings. The smallest absolute Gasteiger partial charge is 0.251 e. The first-order valence-electron chi connectivity index (χ1n) is 7.62. The number of hydrogen-bond acceptors (Lipinski definition) is 3. The van der Waals surface area contributed by atoms with E-state index in [1.165, 1.54) is 12.1 Å². The lowest BCUT2D eigenvalue weighted by molar-refractivity contribution is 0.0946. The molecule has 0 saturated heterocycles. The van der Waals surface area contributed by atoms with Gasteiger partial charge in [-0.3, -0.25) is 4.79 Å². The van der Waals surface area contributed by atoms with Crippen LogP contribution >= 0.6 is 0 Å². The Morgan fingerprint density at radius 2 is 2.13 bits per heavy atom. The SMILES string of the molecule is Cc1cc(F)cc(C(CO)Nc2ccc3c(c2)C(=O)NCC3)c1. The van der Waals surface area contributed by atoms with Gasteiger partial charge in [-0.2, -0.15) is 0 Å². The van der Waals surface area contributed by atoms with E-state index in [9.17, 15) is 14.3 Å². The first-order valence-corrected chi connectivity index (χ1v) is 7.62. The van der Waals surface area contributed by atoms with Crippen molar-refractivity contribution < 1.29 is 14.3 Å². The molecule has 0 radical (unpaired) electrons. The largest absolute Gasteiger partial charge is 0.394 e. The second kappa shape index (κ2) is 6.38. The predicted molar refractivity (Wildman–Crippen MR) is 87.1 cm³/mol. The van der Waals surface area contributed by atoms with Crippen LogP contribution < -0.4 is 10.6 Å². The van der Waals surface area contributed by atoms with E-state index in [0.717, 1.165) is 23.2 Å². The van der Waals surface area contributed by atoms with E-state index < -0.39 is 6.04 Å². The summed E-state index contributed by atoms with van der Waals surface area (Å²) in [6.45, 7) is 2.29. The van der Waals surface area contributed by atoms with Gasteiger partial charge in [0.25, 0.3) is 5.91 Å². The fourth-order valence-corrected chi connectivity index (χ4v) is 2.90. The van der Waals surface area contributed by atoms with Crippen molar-refractivity contribution in [2.45, 2.75) is 19.4 Å². The average Bonchev–Trinajstić information content (AvgIpc) is 2.52. The molecular formula is C18H19FN2O2. The molecule has 0 fully saturated rings. The van der Waals surface area contributed by atoms with Crippen LogP contribution in [0.5, 0.6) is 0 Å². The van der Waals surface area contributed by atoms with E-state index in [4.69, 9.17) is 0 Å². The van der Waals surface area contributed by atoms with E-state index in [2.05, 4.69) is 10.6 Å². The van der Waals surface area contributed by atoms with Gasteiger partial charge in [-0.1, -0.05) is 12.1 Å². The predicted octanol–water partition coefficient (Wildman–Crippen LogP) is 2.57. The molecule has 0 aromatic heterocycles. The van der Waals surface area contributed by atoms with Crippen LogP contribution in [0.2, 0.25) is 0 Å². The number of rotatable bonds is 4. The van der Waals surface area contributed by atoms with Crippen LogP contribution in [0.3, 0.4) is 0 Å². The van der Waals surface area contributed by atoms with Crippen LogP contribution in [0.25, 0.3) is 0 Å². The summed E-state index contributed by atoms with van der Waals surface area (Å²) in [4.78, 5) is 11.9. The molecule has 0 bridgehead atoms. The number of aliphatic hydroxyl groups is 1. The summed E-state index contributed by atoms with van der Waals surface area (Å²) in [5.41, 5.74) is 3.86. The second-order valence-corrected chi connectivity index (χ2v) is 5.82. The summed E-state index contributed by atoms with van der Waals surface area (Å²) in [5.74, 6) is -0.415. The lowest BCUT2D eigenvalue weighted by Crippen LogP contribution is -2.31. The third kappa shape index (κ3) is 3.35. The van der Waals surface area contributed by atoms with Crippen molar-refractivity contribution in [3.05, 3.63) is 64.5 Å². The molecule has 5 heteroatoms. The van der Waals surface area contributed by atoms with Crippen LogP contribution in [-0.4, -0.2) is 24.2 Å². The number of carbonyl (C=O) groups is 1. The maximum absolute atomic E-state index is 13.6. The highest BCUT2D eigenvalue weighted by atomic mass is 19.1. The van der Waals surface area contributed by atoms with Gasteiger partial charge >= 0.3 is 0 Å². The first-order chi connectivity index (χ1) is 11.1. The van der Waals surface area contributed by atoms with Gasteiger partial charge in [0.15, 0.2) is 0 Å². The molecule has 2 aromatic carbocycles. The van der Waals surface area contributed by atoms with Gasteiger partial charge in [-0.15, -0.1) is 0 Å². The Bertz CT molecular complexity index is 726. The highest BCUT2D eigenvalue weighted by Crippen LogP contribution is 2.24. The van der Waals surface area contributed by atoms with Gasteiger partial charge in [0.1, 0.15) is 5.82 Å². The maximum Gasteiger partial charge on any atom is 0.251 e. The lowest BCUT2D eigenvalue weighted by Gasteiger charge is -2.21. The molecule has 4 nitrogen and oxygen atoms in total. The minimum Gasteiger partial charge on any atom is -0.394 e. The van der Waals surface area contributed by atoms with Gasteiger partial charge in [0.2, 0.25) is 0 Å². The van der Waals surface area contributed by atoms with Crippen LogP contribution in [0, 0.1) is 12.7 Å². The van der Waals surface area contributed by atoms with Gasteiger partial charge in [0.05, 0.1) is 12.6 Å². The van der Waals surface area contributed by atoms with Crippen molar-refractivity contribution in [3.8, 4) is 0 Å². The Kier molecular flexibility index (Phi) is 4.30. The van der Waals surface area contributed by atoms with Crippen LogP contribution in [0.1, 0.15) is 33.1 Å². The zero-order chi connectivity index (χ0) is 16.4. The van der Waals surface area contributed by atoms with E-state index in [1.807, 2.05) is 25.1 Å². The molecular weight excluding hydrogens is 295 g/mol. The molecule has 1 unspecified atom stereocenters. The number of anilines is 1. The molecule has 23 heavy (non-hydrogen) atoms. The minimum atomic E-state index is -0.436. The number of fused-ring (bicyclic) bond motifs is 1. The van der Waals surface area contributed by atoms with E-state index in [-0.39, 0.29) is 18.3 Å². The Hall–Kier alpha value is -2.40. The van der Waals surface area contributed by atoms with Crippen molar-refractivity contribution in [1.29, 1.82) is 0 Å². The quantitative estimate of drug-likeness (QED) is 0.813. The molecule has 120 valence electrons. The summed E-state index contributed by atoms with van der Waals surface area (Å²) in [6, 6.07) is 9.83. The van der Waals surface area contributed by atoms with Crippen LogP contribution in [-0.2, 0) is 6.42 Å². The van der Waals surface area contributed by atoms with E-state index >= 15 is 0 Å². The zero-order valence-electron chi connectivity index (χ0n) is 12.9. The third-order valence-corrected chi connectivity index (χ3v) is 4.02. The fourth-order valence-electron chi connectivity index (χ4n) is 2.90. The maximum atomic E-state index is 13.6. The van der Waals surface area contributed by atoms with Gasteiger partial charge in [0, 0.05) is 17.8 Å². The number of hydrogen-bond donors (Lipinski definition) is 3. The number of aliphatic hydroxyl groups excluding tert-OH is 1. The number of nitrogens with one attached hydrogen (secondary N) is 2. The Morgan fingerprint density at radius 3 is 2.87 bits per heavy atom. The summed E-state index contributed by atoms with van der Waals surface area (Å²) in [6.07, 6.45) is 0.813. The summed E-state index contributed by atoms with van der Waals surface area (Å²) >= 11 is 0. The highest BCUT2D eigenvalue weighted by molar-refractivity contribution is 5.97. The molecule has 1 amide bonds. The third-order valence-electron chi connectivity index (χ3n) is 4.02. The van der Waals surface area contributed by atoms with Gasteiger partial charge in [-0.05, 0) is 54.3 Å². The Balaban J connectivity index is 1.87. The molecule has 2 aromatic rings. The Labute approximate surface area is 134 Å². The molecule has 1 aliphatic heterocycles. The lowest BCUT2D eigenvalue weighted by atomic mass is 9.99. The fraction of sp³-hybridized carbons (Fsp3) is 0.278.